The highest BCUT2D eigenvalue weighted by Gasteiger charge is 2.18. The van der Waals surface area contributed by atoms with Gasteiger partial charge in [-0.2, -0.15) is 9.78 Å². The molecule has 10 heteroatoms. The Labute approximate surface area is 167 Å². The zero-order chi connectivity index (χ0) is 19.4. The van der Waals surface area contributed by atoms with Gasteiger partial charge in [-0.25, -0.2) is 0 Å². The van der Waals surface area contributed by atoms with Gasteiger partial charge >= 0.3 is 0 Å². The minimum atomic E-state index is -0.670. The average Bonchev–Trinajstić information content (AvgIpc) is 3.08. The number of rotatable bonds is 6. The molecular formula is C17H16BrN5O3S. The normalized spacial score (nSPS) is 10.7. The molecule has 1 amide bonds. The number of amides is 1. The Kier molecular flexibility index (Phi) is 5.97. The van der Waals surface area contributed by atoms with E-state index in [9.17, 15) is 14.7 Å². The maximum absolute atomic E-state index is 12.5. The number of nitrogens with zero attached hydrogens (tertiary/aromatic N) is 4. The summed E-state index contributed by atoms with van der Waals surface area (Å²) in [5.41, 5.74) is -0.359. The fourth-order valence-corrected chi connectivity index (χ4v) is 3.31. The molecule has 0 saturated carbocycles. The molecule has 0 fully saturated rings. The molecule has 0 atom stereocenters. The summed E-state index contributed by atoms with van der Waals surface area (Å²) in [5.74, 6) is -1.17. The van der Waals surface area contributed by atoms with Gasteiger partial charge in [0.05, 0.1) is 5.69 Å². The predicted molar refractivity (Wildman–Crippen MR) is 106 cm³/mol. The van der Waals surface area contributed by atoms with Crippen LogP contribution >= 0.6 is 27.3 Å². The summed E-state index contributed by atoms with van der Waals surface area (Å²) < 4.78 is 1.89. The molecule has 0 spiro atoms. The first kappa shape index (κ1) is 19.2. The van der Waals surface area contributed by atoms with Gasteiger partial charge in [-0.3, -0.25) is 14.9 Å². The molecule has 2 heterocycles. The molecular weight excluding hydrogens is 434 g/mol. The quantitative estimate of drug-likeness (QED) is 0.597. The van der Waals surface area contributed by atoms with E-state index in [1.165, 1.54) is 11.3 Å². The molecule has 0 unspecified atom stereocenters. The van der Waals surface area contributed by atoms with Crippen LogP contribution in [0.5, 0.6) is 5.75 Å². The molecule has 0 bridgehead atoms. The summed E-state index contributed by atoms with van der Waals surface area (Å²) in [6, 6.07) is 7.78. The van der Waals surface area contributed by atoms with Gasteiger partial charge in [-0.1, -0.05) is 40.6 Å². The van der Waals surface area contributed by atoms with E-state index in [-0.39, 0.29) is 5.69 Å². The van der Waals surface area contributed by atoms with E-state index < -0.39 is 17.2 Å². The second-order valence-corrected chi connectivity index (χ2v) is 7.64. The number of benzene rings is 1. The van der Waals surface area contributed by atoms with Gasteiger partial charge in [0.15, 0.2) is 11.4 Å². The summed E-state index contributed by atoms with van der Waals surface area (Å²) in [6.07, 6.45) is 2.82. The number of anilines is 1. The van der Waals surface area contributed by atoms with Gasteiger partial charge in [-0.15, -0.1) is 10.2 Å². The number of carbonyl (C=O) groups excluding carboxylic acids is 1. The van der Waals surface area contributed by atoms with Gasteiger partial charge in [-0.05, 0) is 30.7 Å². The fraction of sp³-hybridized carbons (Fsp3) is 0.235. The number of halogens is 1. The van der Waals surface area contributed by atoms with Crippen molar-refractivity contribution in [1.82, 2.24) is 20.0 Å². The zero-order valence-corrected chi connectivity index (χ0v) is 16.7. The number of aromatic nitrogens is 4. The maximum atomic E-state index is 12.5. The molecule has 1 aromatic carbocycles. The Balaban J connectivity index is 1.86. The Morgan fingerprint density at radius 2 is 2.04 bits per heavy atom. The predicted octanol–water partition coefficient (Wildman–Crippen LogP) is 3.15. The zero-order valence-electron chi connectivity index (χ0n) is 14.3. The lowest BCUT2D eigenvalue weighted by Crippen LogP contribution is -2.25. The SMILES string of the molecule is CCCCc1nnc(NC(=O)c2nn(-c3ccc(Br)cc3)c(=O)cc2O)s1. The van der Waals surface area contributed by atoms with Crippen LogP contribution in [0.2, 0.25) is 0 Å². The molecule has 3 aromatic rings. The topological polar surface area (TPSA) is 110 Å². The van der Waals surface area contributed by atoms with E-state index in [0.717, 1.165) is 39.5 Å². The lowest BCUT2D eigenvalue weighted by atomic mass is 10.3. The van der Waals surface area contributed by atoms with Crippen LogP contribution < -0.4 is 10.9 Å². The van der Waals surface area contributed by atoms with Crippen molar-refractivity contribution in [3.8, 4) is 11.4 Å². The second-order valence-electron chi connectivity index (χ2n) is 5.66. The summed E-state index contributed by atoms with van der Waals surface area (Å²) in [4.78, 5) is 24.6. The maximum Gasteiger partial charge on any atom is 0.281 e. The third-order valence-corrected chi connectivity index (χ3v) is 5.06. The third kappa shape index (κ3) is 4.58. The number of hydrogen-bond acceptors (Lipinski definition) is 7. The highest BCUT2D eigenvalue weighted by atomic mass is 79.9. The van der Waals surface area contributed by atoms with Crippen molar-refractivity contribution >= 4 is 38.3 Å². The van der Waals surface area contributed by atoms with E-state index >= 15 is 0 Å². The molecule has 3 rings (SSSR count). The summed E-state index contributed by atoms with van der Waals surface area (Å²) >= 11 is 4.59. The van der Waals surface area contributed by atoms with E-state index in [4.69, 9.17) is 0 Å². The van der Waals surface area contributed by atoms with Crippen LogP contribution in [0.4, 0.5) is 5.13 Å². The largest absolute Gasteiger partial charge is 0.505 e. The van der Waals surface area contributed by atoms with E-state index in [1.807, 2.05) is 0 Å². The van der Waals surface area contributed by atoms with Crippen molar-refractivity contribution in [3.63, 3.8) is 0 Å². The average molecular weight is 450 g/mol. The standard InChI is InChI=1S/C17H16BrN5O3S/c1-2-3-4-13-20-21-17(27-13)19-16(26)15-12(24)9-14(25)23(22-15)11-7-5-10(18)6-8-11/h5-9,24H,2-4H2,1H3,(H,19,21,26). The minimum absolute atomic E-state index is 0.275. The summed E-state index contributed by atoms with van der Waals surface area (Å²) in [7, 11) is 0. The molecule has 0 aliphatic carbocycles. The molecule has 140 valence electrons. The first-order valence-electron chi connectivity index (χ1n) is 8.21. The van der Waals surface area contributed by atoms with E-state index in [0.29, 0.717) is 10.8 Å². The van der Waals surface area contributed by atoms with Crippen molar-refractivity contribution in [2.45, 2.75) is 26.2 Å². The van der Waals surface area contributed by atoms with E-state index in [1.54, 1.807) is 24.3 Å². The van der Waals surface area contributed by atoms with Crippen LogP contribution in [0.3, 0.4) is 0 Å². The number of nitrogens with one attached hydrogen (secondary N) is 1. The molecule has 8 nitrogen and oxygen atoms in total. The van der Waals surface area contributed by atoms with Crippen molar-refractivity contribution in [3.05, 3.63) is 55.9 Å². The van der Waals surface area contributed by atoms with Crippen LogP contribution in [0.25, 0.3) is 5.69 Å². The smallest absolute Gasteiger partial charge is 0.281 e. The van der Waals surface area contributed by atoms with Gasteiger partial charge in [0, 0.05) is 17.0 Å². The number of aromatic hydroxyl groups is 1. The highest BCUT2D eigenvalue weighted by molar-refractivity contribution is 9.10. The lowest BCUT2D eigenvalue weighted by molar-refractivity contribution is 0.101. The van der Waals surface area contributed by atoms with Crippen LogP contribution in [-0.2, 0) is 6.42 Å². The van der Waals surface area contributed by atoms with E-state index in [2.05, 4.69) is 43.5 Å². The number of aryl methyl sites for hydroxylation is 1. The van der Waals surface area contributed by atoms with Crippen LogP contribution in [0, 0.1) is 0 Å². The first-order chi connectivity index (χ1) is 13.0. The van der Waals surface area contributed by atoms with Gasteiger partial charge < -0.3 is 5.11 Å². The highest BCUT2D eigenvalue weighted by Crippen LogP contribution is 2.20. The van der Waals surface area contributed by atoms with Crippen molar-refractivity contribution < 1.29 is 9.90 Å². The molecule has 0 aliphatic heterocycles. The van der Waals surface area contributed by atoms with Crippen molar-refractivity contribution in [2.24, 2.45) is 0 Å². The molecule has 0 aliphatic rings. The molecule has 2 aromatic heterocycles. The van der Waals surface area contributed by atoms with Crippen molar-refractivity contribution in [1.29, 1.82) is 0 Å². The first-order valence-corrected chi connectivity index (χ1v) is 9.82. The van der Waals surface area contributed by atoms with Crippen LogP contribution in [0.15, 0.2) is 39.6 Å². The van der Waals surface area contributed by atoms with Gasteiger partial charge in [0.25, 0.3) is 11.5 Å². The number of unbranched alkanes of at least 4 members (excludes halogenated alkanes) is 1. The minimum Gasteiger partial charge on any atom is -0.505 e. The van der Waals surface area contributed by atoms with Crippen LogP contribution in [0.1, 0.15) is 35.3 Å². The number of carbonyl (C=O) groups is 1. The Hall–Kier alpha value is -2.59. The van der Waals surface area contributed by atoms with Gasteiger partial charge in [0.1, 0.15) is 5.01 Å². The Bertz CT molecular complexity index is 1020. The van der Waals surface area contributed by atoms with Crippen LogP contribution in [-0.4, -0.2) is 31.0 Å². The second kappa shape index (κ2) is 8.40. The summed E-state index contributed by atoms with van der Waals surface area (Å²) in [5, 5.41) is 25.7. The monoisotopic (exact) mass is 449 g/mol. The van der Waals surface area contributed by atoms with Crippen molar-refractivity contribution in [2.75, 3.05) is 5.32 Å². The van der Waals surface area contributed by atoms with Gasteiger partial charge in [0.2, 0.25) is 5.13 Å². The lowest BCUT2D eigenvalue weighted by Gasteiger charge is -2.08. The molecule has 2 N–H and O–H groups in total. The molecule has 0 saturated heterocycles. The summed E-state index contributed by atoms with van der Waals surface area (Å²) in [6.45, 7) is 2.08. The Morgan fingerprint density at radius 3 is 2.74 bits per heavy atom. The molecule has 27 heavy (non-hydrogen) atoms. The third-order valence-electron chi connectivity index (χ3n) is 3.63. The fourth-order valence-electron chi connectivity index (χ4n) is 2.27. The number of hydrogen-bond donors (Lipinski definition) is 2. The molecule has 0 radical (unpaired) electrons. The Morgan fingerprint density at radius 1 is 1.30 bits per heavy atom.